The number of anilines is 1. The lowest BCUT2D eigenvalue weighted by Gasteiger charge is -2.23. The molecule has 0 spiro atoms. The summed E-state index contributed by atoms with van der Waals surface area (Å²) in [5.74, 6) is -0.0890. The first kappa shape index (κ1) is 22.0. The average molecular weight is 445 g/mol. The molecule has 0 fully saturated rings. The summed E-state index contributed by atoms with van der Waals surface area (Å²) in [5.41, 5.74) is 1.76. The number of carbonyl (C=O) groups is 1. The average Bonchev–Trinajstić information content (AvgIpc) is 3.17. The Morgan fingerprint density at radius 2 is 1.73 bits per heavy atom. The van der Waals surface area contributed by atoms with Gasteiger partial charge in [0.1, 0.15) is 10.5 Å². The van der Waals surface area contributed by atoms with Crippen LogP contribution in [-0.4, -0.2) is 31.2 Å². The molecule has 0 aliphatic rings. The Labute approximate surface area is 180 Å². The van der Waals surface area contributed by atoms with E-state index in [-0.39, 0.29) is 4.90 Å². The third kappa shape index (κ3) is 4.11. The Bertz CT molecular complexity index is 1140. The van der Waals surface area contributed by atoms with E-state index in [0.29, 0.717) is 10.9 Å². The maximum Gasteiger partial charge on any atom is 0.247 e. The molecule has 8 heteroatoms. The van der Waals surface area contributed by atoms with Crippen molar-refractivity contribution in [3.05, 3.63) is 59.5 Å². The van der Waals surface area contributed by atoms with E-state index in [1.807, 2.05) is 37.3 Å². The van der Waals surface area contributed by atoms with E-state index in [0.717, 1.165) is 22.6 Å². The van der Waals surface area contributed by atoms with Gasteiger partial charge in [0, 0.05) is 10.4 Å². The van der Waals surface area contributed by atoms with Crippen molar-refractivity contribution in [2.24, 2.45) is 0 Å². The van der Waals surface area contributed by atoms with Crippen LogP contribution in [-0.2, 0) is 21.1 Å². The number of aryl methyl sites for hydroxylation is 1. The van der Waals surface area contributed by atoms with Crippen LogP contribution in [0.4, 0.5) is 5.13 Å². The number of hydrogen-bond acceptors (Lipinski definition) is 6. The monoisotopic (exact) mass is 444 g/mol. The highest BCUT2D eigenvalue weighted by Gasteiger charge is 2.43. The van der Waals surface area contributed by atoms with Gasteiger partial charge in [-0.25, -0.2) is 13.4 Å². The molecule has 3 aromatic rings. The van der Waals surface area contributed by atoms with Gasteiger partial charge in [0.2, 0.25) is 5.91 Å². The van der Waals surface area contributed by atoms with Crippen molar-refractivity contribution in [2.75, 3.05) is 12.4 Å². The highest BCUT2D eigenvalue weighted by molar-refractivity contribution is 7.93. The predicted octanol–water partition coefficient (Wildman–Crippen LogP) is 4.57. The first-order valence-electron chi connectivity index (χ1n) is 9.46. The molecule has 0 bridgehead atoms. The van der Waals surface area contributed by atoms with Crippen LogP contribution in [0.25, 0.3) is 11.3 Å². The smallest absolute Gasteiger partial charge is 0.247 e. The molecule has 30 heavy (non-hydrogen) atoms. The van der Waals surface area contributed by atoms with E-state index in [4.69, 9.17) is 4.74 Å². The van der Waals surface area contributed by atoms with Crippen LogP contribution in [0.2, 0.25) is 0 Å². The normalized spacial score (nSPS) is 11.9. The fourth-order valence-corrected chi connectivity index (χ4v) is 5.18. The molecule has 2 aromatic carbocycles. The van der Waals surface area contributed by atoms with Crippen molar-refractivity contribution in [3.63, 3.8) is 0 Å². The van der Waals surface area contributed by atoms with E-state index >= 15 is 0 Å². The number of hydrogen-bond donors (Lipinski definition) is 1. The standard InChI is InChI=1S/C22H24N2O4S2/c1-5-18-19(15-9-7-6-8-10-15)23-21(29-18)24-20(25)22(2,3)30(26,27)17-13-11-16(28-4)12-14-17/h6-14H,5H2,1-4H3,(H,23,24,25). The second kappa shape index (κ2) is 8.57. The second-order valence-electron chi connectivity index (χ2n) is 7.15. The molecule has 1 N–H and O–H groups in total. The van der Waals surface area contributed by atoms with Crippen LogP contribution in [0.5, 0.6) is 5.75 Å². The van der Waals surface area contributed by atoms with Crippen molar-refractivity contribution in [1.29, 1.82) is 0 Å². The van der Waals surface area contributed by atoms with Gasteiger partial charge in [-0.15, -0.1) is 11.3 Å². The number of ether oxygens (including phenoxy) is 1. The largest absolute Gasteiger partial charge is 0.497 e. The molecule has 0 aliphatic heterocycles. The van der Waals surface area contributed by atoms with Gasteiger partial charge in [0.05, 0.1) is 17.7 Å². The quantitative estimate of drug-likeness (QED) is 0.577. The minimum absolute atomic E-state index is 0.0572. The van der Waals surface area contributed by atoms with E-state index in [1.165, 1.54) is 44.4 Å². The van der Waals surface area contributed by atoms with Crippen LogP contribution >= 0.6 is 11.3 Å². The van der Waals surface area contributed by atoms with Gasteiger partial charge < -0.3 is 10.1 Å². The zero-order chi connectivity index (χ0) is 21.9. The number of nitrogens with one attached hydrogen (secondary N) is 1. The molecule has 0 saturated carbocycles. The fourth-order valence-electron chi connectivity index (χ4n) is 2.89. The number of amides is 1. The van der Waals surface area contributed by atoms with Gasteiger partial charge in [-0.3, -0.25) is 4.79 Å². The second-order valence-corrected chi connectivity index (χ2v) is 10.7. The summed E-state index contributed by atoms with van der Waals surface area (Å²) in [6.45, 7) is 4.81. The third-order valence-corrected chi connectivity index (χ3v) is 8.41. The number of benzene rings is 2. The highest BCUT2D eigenvalue weighted by Crippen LogP contribution is 2.33. The van der Waals surface area contributed by atoms with Gasteiger partial charge in [-0.2, -0.15) is 0 Å². The summed E-state index contributed by atoms with van der Waals surface area (Å²) in [7, 11) is -2.43. The summed E-state index contributed by atoms with van der Waals surface area (Å²) < 4.78 is 29.6. The molecule has 6 nitrogen and oxygen atoms in total. The van der Waals surface area contributed by atoms with Gasteiger partial charge in [0.25, 0.3) is 0 Å². The SMILES string of the molecule is CCc1sc(NC(=O)C(C)(C)S(=O)(=O)c2ccc(OC)cc2)nc1-c1ccccc1. The number of carbonyl (C=O) groups excluding carboxylic acids is 1. The Morgan fingerprint density at radius 3 is 2.30 bits per heavy atom. The fraction of sp³-hybridized carbons (Fsp3) is 0.273. The molecule has 158 valence electrons. The lowest BCUT2D eigenvalue weighted by molar-refractivity contribution is -0.117. The Hall–Kier alpha value is -2.71. The molecule has 0 radical (unpaired) electrons. The van der Waals surface area contributed by atoms with Gasteiger partial charge in [-0.1, -0.05) is 37.3 Å². The van der Waals surface area contributed by atoms with E-state index < -0.39 is 20.5 Å². The summed E-state index contributed by atoms with van der Waals surface area (Å²) in [6.07, 6.45) is 0.755. The van der Waals surface area contributed by atoms with E-state index in [9.17, 15) is 13.2 Å². The van der Waals surface area contributed by atoms with Crippen molar-refractivity contribution in [2.45, 2.75) is 36.8 Å². The minimum atomic E-state index is -3.93. The van der Waals surface area contributed by atoms with Crippen molar-refractivity contribution in [1.82, 2.24) is 4.98 Å². The van der Waals surface area contributed by atoms with Crippen LogP contribution in [0.15, 0.2) is 59.5 Å². The Morgan fingerprint density at radius 1 is 1.10 bits per heavy atom. The van der Waals surface area contributed by atoms with Gasteiger partial charge >= 0.3 is 0 Å². The molecule has 1 heterocycles. The lowest BCUT2D eigenvalue weighted by atomic mass is 10.1. The maximum absolute atomic E-state index is 13.1. The molecule has 0 saturated heterocycles. The number of thiazole rings is 1. The molecule has 0 unspecified atom stereocenters. The van der Waals surface area contributed by atoms with Crippen LogP contribution in [0.1, 0.15) is 25.6 Å². The molecule has 1 aromatic heterocycles. The molecule has 3 rings (SSSR count). The zero-order valence-electron chi connectivity index (χ0n) is 17.3. The topological polar surface area (TPSA) is 85.4 Å². The Kier molecular flexibility index (Phi) is 6.28. The highest BCUT2D eigenvalue weighted by atomic mass is 32.2. The van der Waals surface area contributed by atoms with Crippen molar-refractivity contribution >= 4 is 32.2 Å². The molecule has 1 amide bonds. The Balaban J connectivity index is 1.88. The van der Waals surface area contributed by atoms with Gasteiger partial charge in [-0.05, 0) is 44.5 Å². The number of methoxy groups -OCH3 is 1. The van der Waals surface area contributed by atoms with Crippen LogP contribution in [0, 0.1) is 0 Å². The summed E-state index contributed by atoms with van der Waals surface area (Å²) in [6, 6.07) is 15.7. The van der Waals surface area contributed by atoms with Crippen molar-refractivity contribution < 1.29 is 17.9 Å². The molecular weight excluding hydrogens is 420 g/mol. The first-order chi connectivity index (χ1) is 14.2. The number of rotatable bonds is 7. The summed E-state index contributed by atoms with van der Waals surface area (Å²) in [4.78, 5) is 18.6. The predicted molar refractivity (Wildman–Crippen MR) is 120 cm³/mol. The number of aromatic nitrogens is 1. The molecule has 0 atom stereocenters. The lowest BCUT2D eigenvalue weighted by Crippen LogP contribution is -2.44. The number of sulfone groups is 1. The van der Waals surface area contributed by atoms with Crippen molar-refractivity contribution in [3.8, 4) is 17.0 Å². The van der Waals surface area contributed by atoms with Crippen LogP contribution in [0.3, 0.4) is 0 Å². The van der Waals surface area contributed by atoms with Gasteiger partial charge in [0.15, 0.2) is 15.0 Å². The molecule has 0 aliphatic carbocycles. The minimum Gasteiger partial charge on any atom is -0.497 e. The summed E-state index contributed by atoms with van der Waals surface area (Å²) in [5, 5.41) is 3.09. The van der Waals surface area contributed by atoms with E-state index in [1.54, 1.807) is 12.1 Å². The maximum atomic E-state index is 13.1. The van der Waals surface area contributed by atoms with E-state index in [2.05, 4.69) is 10.3 Å². The van der Waals surface area contributed by atoms with Crippen LogP contribution < -0.4 is 10.1 Å². The third-order valence-electron chi connectivity index (χ3n) is 4.87. The first-order valence-corrected chi connectivity index (χ1v) is 11.8. The molecular formula is C22H24N2O4S2. The zero-order valence-corrected chi connectivity index (χ0v) is 18.9. The summed E-state index contributed by atoms with van der Waals surface area (Å²) >= 11 is 1.36. The number of nitrogens with zero attached hydrogens (tertiary/aromatic N) is 1.